The molecule has 1 rings (SSSR count). The maximum Gasteiger partial charge on any atom is 0.417 e. The average molecular weight is 172 g/mol. The van der Waals surface area contributed by atoms with Gasteiger partial charge in [-0.15, -0.1) is 0 Å². The molecule has 0 radical (unpaired) electrons. The van der Waals surface area contributed by atoms with Crippen LogP contribution >= 0.6 is 0 Å². The van der Waals surface area contributed by atoms with E-state index in [4.69, 9.17) is 10.5 Å². The predicted molar refractivity (Wildman–Crippen MR) is 41.3 cm³/mol. The van der Waals surface area contributed by atoms with Gasteiger partial charge in [-0.2, -0.15) is 0 Å². The number of hydrogen-bond acceptors (Lipinski definition) is 4. The minimum Gasteiger partial charge on any atom is -0.436 e. The molecule has 1 heterocycles. The maximum absolute atomic E-state index is 11.3. The summed E-state index contributed by atoms with van der Waals surface area (Å²) in [6, 6.07) is 0. The van der Waals surface area contributed by atoms with E-state index in [9.17, 15) is 9.59 Å². The highest BCUT2D eigenvalue weighted by atomic mass is 16.6. The molecule has 0 saturated carbocycles. The summed E-state index contributed by atoms with van der Waals surface area (Å²) in [7, 11) is 0. The van der Waals surface area contributed by atoms with Crippen molar-refractivity contribution in [1.29, 1.82) is 0 Å². The van der Waals surface area contributed by atoms with Crippen molar-refractivity contribution in [3.05, 3.63) is 0 Å². The highest BCUT2D eigenvalue weighted by Crippen LogP contribution is 2.14. The number of imide groups is 1. The van der Waals surface area contributed by atoms with Crippen molar-refractivity contribution >= 4 is 12.0 Å². The van der Waals surface area contributed by atoms with E-state index < -0.39 is 12.2 Å². The van der Waals surface area contributed by atoms with Crippen LogP contribution in [0.1, 0.15) is 13.3 Å². The van der Waals surface area contributed by atoms with Crippen LogP contribution in [-0.4, -0.2) is 36.1 Å². The van der Waals surface area contributed by atoms with Crippen LogP contribution in [0.15, 0.2) is 0 Å². The summed E-state index contributed by atoms with van der Waals surface area (Å²) in [5.74, 6) is -0.270. The van der Waals surface area contributed by atoms with Crippen LogP contribution in [0.2, 0.25) is 0 Å². The summed E-state index contributed by atoms with van der Waals surface area (Å²) in [5.41, 5.74) is 5.22. The average Bonchev–Trinajstić information content (AvgIpc) is 2.32. The van der Waals surface area contributed by atoms with Crippen LogP contribution < -0.4 is 5.73 Å². The SMILES string of the molecule is CC[C@@H]1OC(=O)N(CCN)C1=O. The lowest BCUT2D eigenvalue weighted by molar-refractivity contribution is -0.129. The number of nitrogens with zero attached hydrogens (tertiary/aromatic N) is 1. The van der Waals surface area contributed by atoms with Gasteiger partial charge in [-0.05, 0) is 6.42 Å². The lowest BCUT2D eigenvalue weighted by Crippen LogP contribution is -2.35. The monoisotopic (exact) mass is 172 g/mol. The molecule has 1 aliphatic rings. The maximum atomic E-state index is 11.3. The summed E-state index contributed by atoms with van der Waals surface area (Å²) in [6.45, 7) is 2.31. The van der Waals surface area contributed by atoms with Gasteiger partial charge >= 0.3 is 6.09 Å². The van der Waals surface area contributed by atoms with E-state index in [0.29, 0.717) is 6.42 Å². The van der Waals surface area contributed by atoms with E-state index in [0.717, 1.165) is 4.90 Å². The first-order chi connectivity index (χ1) is 5.70. The van der Waals surface area contributed by atoms with Crippen molar-refractivity contribution in [1.82, 2.24) is 4.90 Å². The quantitative estimate of drug-likeness (QED) is 0.634. The molecule has 2 amide bonds. The van der Waals surface area contributed by atoms with Crippen LogP contribution in [0.4, 0.5) is 4.79 Å². The number of hydrogen-bond donors (Lipinski definition) is 1. The van der Waals surface area contributed by atoms with Crippen LogP contribution in [0.5, 0.6) is 0 Å². The molecule has 2 N–H and O–H groups in total. The highest BCUT2D eigenvalue weighted by Gasteiger charge is 2.38. The number of amides is 2. The molecule has 12 heavy (non-hydrogen) atoms. The van der Waals surface area contributed by atoms with Crippen LogP contribution in [0.25, 0.3) is 0 Å². The number of ether oxygens (including phenoxy) is 1. The minimum absolute atomic E-state index is 0.244. The lowest BCUT2D eigenvalue weighted by atomic mass is 10.2. The topological polar surface area (TPSA) is 72.6 Å². The van der Waals surface area contributed by atoms with Gasteiger partial charge in [0.15, 0.2) is 6.10 Å². The Morgan fingerprint density at radius 1 is 1.58 bits per heavy atom. The molecule has 0 aromatic carbocycles. The molecular formula is C7H12N2O3. The fourth-order valence-electron chi connectivity index (χ4n) is 1.09. The Hall–Kier alpha value is -1.10. The second kappa shape index (κ2) is 3.53. The molecule has 1 fully saturated rings. The zero-order chi connectivity index (χ0) is 9.14. The second-order valence-corrected chi connectivity index (χ2v) is 2.56. The molecule has 0 spiro atoms. The van der Waals surface area contributed by atoms with E-state index in [1.807, 2.05) is 0 Å². The largest absolute Gasteiger partial charge is 0.436 e. The Morgan fingerprint density at radius 3 is 2.67 bits per heavy atom. The van der Waals surface area contributed by atoms with Gasteiger partial charge in [0.2, 0.25) is 0 Å². The zero-order valence-corrected chi connectivity index (χ0v) is 6.95. The zero-order valence-electron chi connectivity index (χ0n) is 6.95. The van der Waals surface area contributed by atoms with Crippen LogP contribution in [0.3, 0.4) is 0 Å². The Balaban J connectivity index is 2.64. The molecule has 1 aliphatic heterocycles. The van der Waals surface area contributed by atoms with Gasteiger partial charge in [-0.3, -0.25) is 4.79 Å². The van der Waals surface area contributed by atoms with Crippen LogP contribution in [0, 0.1) is 0 Å². The number of nitrogens with two attached hydrogens (primary N) is 1. The van der Waals surface area contributed by atoms with Crippen molar-refractivity contribution in [2.45, 2.75) is 19.4 Å². The van der Waals surface area contributed by atoms with E-state index >= 15 is 0 Å². The van der Waals surface area contributed by atoms with Crippen molar-refractivity contribution in [2.75, 3.05) is 13.1 Å². The van der Waals surface area contributed by atoms with Crippen molar-refractivity contribution < 1.29 is 14.3 Å². The van der Waals surface area contributed by atoms with Crippen molar-refractivity contribution in [2.24, 2.45) is 5.73 Å². The third kappa shape index (κ3) is 1.40. The van der Waals surface area contributed by atoms with Gasteiger partial charge in [0, 0.05) is 13.1 Å². The van der Waals surface area contributed by atoms with Gasteiger partial charge in [0.05, 0.1) is 0 Å². The lowest BCUT2D eigenvalue weighted by Gasteiger charge is -2.07. The highest BCUT2D eigenvalue weighted by molar-refractivity contribution is 5.99. The standard InChI is InChI=1S/C7H12N2O3/c1-2-5-6(10)9(4-3-8)7(11)12-5/h5H,2-4,8H2,1H3/t5-/m0/s1. The van der Waals surface area contributed by atoms with Gasteiger partial charge in [-0.25, -0.2) is 9.69 Å². The summed E-state index contributed by atoms with van der Waals surface area (Å²) in [5, 5.41) is 0. The smallest absolute Gasteiger partial charge is 0.417 e. The second-order valence-electron chi connectivity index (χ2n) is 2.56. The Morgan fingerprint density at radius 2 is 2.25 bits per heavy atom. The number of cyclic esters (lactones) is 1. The van der Waals surface area contributed by atoms with Gasteiger partial charge in [-0.1, -0.05) is 6.92 Å². The summed E-state index contributed by atoms with van der Waals surface area (Å²) in [6.07, 6.45) is -0.646. The predicted octanol–water partition coefficient (Wildman–Crippen LogP) is -0.298. The Bertz CT molecular complexity index is 205. The molecule has 5 heteroatoms. The third-order valence-corrected chi connectivity index (χ3v) is 1.73. The van der Waals surface area contributed by atoms with E-state index in [2.05, 4.69) is 0 Å². The molecule has 0 aromatic heterocycles. The summed E-state index contributed by atoms with van der Waals surface area (Å²) >= 11 is 0. The first-order valence-electron chi connectivity index (χ1n) is 3.92. The number of carbonyl (C=O) groups is 2. The van der Waals surface area contributed by atoms with Gasteiger partial charge < -0.3 is 10.5 Å². The van der Waals surface area contributed by atoms with E-state index in [1.165, 1.54) is 0 Å². The van der Waals surface area contributed by atoms with Gasteiger partial charge in [0.25, 0.3) is 5.91 Å². The van der Waals surface area contributed by atoms with Crippen molar-refractivity contribution in [3.8, 4) is 0 Å². The molecule has 68 valence electrons. The third-order valence-electron chi connectivity index (χ3n) is 1.73. The summed E-state index contributed by atoms with van der Waals surface area (Å²) < 4.78 is 4.77. The molecule has 0 aromatic rings. The van der Waals surface area contributed by atoms with Gasteiger partial charge in [0.1, 0.15) is 0 Å². The number of carbonyl (C=O) groups excluding carboxylic acids is 2. The molecule has 0 unspecified atom stereocenters. The molecule has 1 atom stereocenters. The van der Waals surface area contributed by atoms with E-state index in [-0.39, 0.29) is 19.0 Å². The molecule has 0 aliphatic carbocycles. The van der Waals surface area contributed by atoms with Crippen molar-refractivity contribution in [3.63, 3.8) is 0 Å². The van der Waals surface area contributed by atoms with E-state index in [1.54, 1.807) is 6.92 Å². The Kier molecular flexibility index (Phi) is 2.65. The Labute approximate surface area is 70.5 Å². The fraction of sp³-hybridized carbons (Fsp3) is 0.714. The van der Waals surface area contributed by atoms with Crippen LogP contribution in [-0.2, 0) is 9.53 Å². The molecular weight excluding hydrogens is 160 g/mol. The fourth-order valence-corrected chi connectivity index (χ4v) is 1.09. The summed E-state index contributed by atoms with van der Waals surface area (Å²) in [4.78, 5) is 23.3. The first kappa shape index (κ1) is 8.99. The minimum atomic E-state index is -0.593. The molecule has 1 saturated heterocycles. The molecule has 5 nitrogen and oxygen atoms in total. The normalized spacial score (nSPS) is 23.2. The first-order valence-corrected chi connectivity index (χ1v) is 3.92. The number of rotatable bonds is 3. The molecule has 0 bridgehead atoms.